The Kier molecular flexibility index (Phi) is 3.03. The summed E-state index contributed by atoms with van der Waals surface area (Å²) in [6.45, 7) is 0. The fourth-order valence-electron chi connectivity index (χ4n) is 3.34. The molecule has 2 N–H and O–H groups in total. The van der Waals surface area contributed by atoms with E-state index in [0.717, 1.165) is 32.7 Å². The number of para-hydroxylation sites is 2. The number of nitrogens with one attached hydrogen (secondary N) is 1. The van der Waals surface area contributed by atoms with Crippen molar-refractivity contribution < 1.29 is 9.90 Å². The second-order valence-electron chi connectivity index (χ2n) is 6.14. The van der Waals surface area contributed by atoms with Gasteiger partial charge in [-0.05, 0) is 24.3 Å². The first-order valence-electron chi connectivity index (χ1n) is 8.21. The molecule has 2 aromatic carbocycles. The van der Waals surface area contributed by atoms with E-state index in [4.69, 9.17) is 4.98 Å². The lowest BCUT2D eigenvalue weighted by molar-refractivity contribution is 0.0691. The van der Waals surface area contributed by atoms with E-state index in [9.17, 15) is 9.90 Å². The van der Waals surface area contributed by atoms with E-state index in [1.54, 1.807) is 6.07 Å². The predicted octanol–water partition coefficient (Wildman–Crippen LogP) is 4.63. The molecule has 0 amide bonds. The van der Waals surface area contributed by atoms with Gasteiger partial charge in [-0.3, -0.25) is 0 Å². The molecule has 0 aliphatic heterocycles. The van der Waals surface area contributed by atoms with Crippen LogP contribution in [0.25, 0.3) is 44.1 Å². The fraction of sp³-hybridized carbons (Fsp3) is 0. The zero-order valence-corrected chi connectivity index (χ0v) is 13.6. The number of aromatic nitrogens is 3. The summed E-state index contributed by atoms with van der Waals surface area (Å²) in [6.07, 6.45) is 0. The Morgan fingerprint density at radius 3 is 2.58 bits per heavy atom. The summed E-state index contributed by atoms with van der Waals surface area (Å²) in [4.78, 5) is 24.0. The molecule has 5 rings (SSSR count). The summed E-state index contributed by atoms with van der Waals surface area (Å²) < 4.78 is 0. The van der Waals surface area contributed by atoms with Crippen molar-refractivity contribution in [1.29, 1.82) is 0 Å². The first kappa shape index (κ1) is 14.6. The molecule has 5 heteroatoms. The summed E-state index contributed by atoms with van der Waals surface area (Å²) in [5.41, 5.74) is 3.77. The third-order valence-corrected chi connectivity index (χ3v) is 4.56. The summed E-state index contributed by atoms with van der Waals surface area (Å²) in [7, 11) is 0. The van der Waals surface area contributed by atoms with Crippen molar-refractivity contribution in [2.24, 2.45) is 0 Å². The van der Waals surface area contributed by atoms with Crippen LogP contribution < -0.4 is 0 Å². The van der Waals surface area contributed by atoms with Crippen LogP contribution in [0.2, 0.25) is 0 Å². The van der Waals surface area contributed by atoms with Gasteiger partial charge in [-0.1, -0.05) is 42.5 Å². The molecule has 0 aliphatic carbocycles. The second-order valence-corrected chi connectivity index (χ2v) is 6.14. The molecule has 0 aliphatic rings. The molecule has 0 saturated carbocycles. The number of fused-ring (bicyclic) bond motifs is 4. The number of carboxylic acids is 1. The highest BCUT2D eigenvalue weighted by atomic mass is 16.4. The van der Waals surface area contributed by atoms with Crippen molar-refractivity contribution in [2.45, 2.75) is 0 Å². The van der Waals surface area contributed by atoms with Crippen molar-refractivity contribution in [3.8, 4) is 11.4 Å². The number of aromatic carboxylic acids is 1. The number of hydrogen-bond acceptors (Lipinski definition) is 3. The molecule has 3 aromatic heterocycles. The lowest BCUT2D eigenvalue weighted by atomic mass is 10.1. The summed E-state index contributed by atoms with van der Waals surface area (Å²) in [6, 6.07) is 21.1. The molecular formula is C21H13N3O2. The van der Waals surface area contributed by atoms with E-state index in [1.807, 2.05) is 60.7 Å². The van der Waals surface area contributed by atoms with E-state index < -0.39 is 5.97 Å². The Hall–Kier alpha value is -3.73. The van der Waals surface area contributed by atoms with Crippen LogP contribution in [0.15, 0.2) is 66.7 Å². The van der Waals surface area contributed by atoms with E-state index in [0.29, 0.717) is 11.4 Å². The number of hydrogen-bond donors (Lipinski definition) is 2. The van der Waals surface area contributed by atoms with Crippen LogP contribution in [0.1, 0.15) is 10.5 Å². The smallest absolute Gasteiger partial charge is 0.354 e. The average Bonchev–Trinajstić information content (AvgIpc) is 3.05. The van der Waals surface area contributed by atoms with Gasteiger partial charge in [0.2, 0.25) is 0 Å². The first-order chi connectivity index (χ1) is 12.7. The summed E-state index contributed by atoms with van der Waals surface area (Å²) in [5.74, 6) is -1.06. The van der Waals surface area contributed by atoms with Crippen LogP contribution in [0.3, 0.4) is 0 Å². The minimum atomic E-state index is -1.06. The van der Waals surface area contributed by atoms with E-state index in [2.05, 4.69) is 9.97 Å². The summed E-state index contributed by atoms with van der Waals surface area (Å²) >= 11 is 0. The highest BCUT2D eigenvalue weighted by Gasteiger charge is 2.17. The van der Waals surface area contributed by atoms with Crippen molar-refractivity contribution in [3.05, 3.63) is 72.4 Å². The monoisotopic (exact) mass is 339 g/mol. The fourth-order valence-corrected chi connectivity index (χ4v) is 3.34. The topological polar surface area (TPSA) is 78.9 Å². The third kappa shape index (κ3) is 2.14. The molecule has 26 heavy (non-hydrogen) atoms. The highest BCUT2D eigenvalue weighted by molar-refractivity contribution is 6.12. The molecule has 3 heterocycles. The number of benzene rings is 2. The third-order valence-electron chi connectivity index (χ3n) is 4.56. The molecular weight excluding hydrogens is 326 g/mol. The maximum absolute atomic E-state index is 11.6. The van der Waals surface area contributed by atoms with Gasteiger partial charge in [-0.15, -0.1) is 0 Å². The molecule has 0 spiro atoms. The zero-order valence-electron chi connectivity index (χ0n) is 13.6. The number of pyridine rings is 2. The number of carboxylic acid groups (broad SMARTS) is 1. The predicted molar refractivity (Wildman–Crippen MR) is 101 cm³/mol. The zero-order chi connectivity index (χ0) is 17.7. The molecule has 5 aromatic rings. The number of H-pyrrole nitrogens is 1. The Balaban J connectivity index is 1.88. The van der Waals surface area contributed by atoms with Crippen molar-refractivity contribution in [1.82, 2.24) is 15.0 Å². The van der Waals surface area contributed by atoms with Crippen LogP contribution >= 0.6 is 0 Å². The SMILES string of the molecule is O=C(O)c1cc2c([nH]c3ccccc32)c(-c2ccc3ccccc3n2)n1. The van der Waals surface area contributed by atoms with Crippen LogP contribution in [-0.4, -0.2) is 26.0 Å². The van der Waals surface area contributed by atoms with Gasteiger partial charge in [0, 0.05) is 21.7 Å². The van der Waals surface area contributed by atoms with Crippen LogP contribution in [-0.2, 0) is 0 Å². The lowest BCUT2D eigenvalue weighted by Gasteiger charge is -2.06. The average molecular weight is 339 g/mol. The van der Waals surface area contributed by atoms with Gasteiger partial charge in [0.05, 0.1) is 16.7 Å². The number of aromatic amines is 1. The van der Waals surface area contributed by atoms with Gasteiger partial charge in [-0.25, -0.2) is 14.8 Å². The molecule has 0 fully saturated rings. The van der Waals surface area contributed by atoms with Crippen LogP contribution in [0.4, 0.5) is 0 Å². The molecule has 0 bridgehead atoms. The molecule has 0 saturated heterocycles. The van der Waals surface area contributed by atoms with E-state index >= 15 is 0 Å². The van der Waals surface area contributed by atoms with Gasteiger partial charge < -0.3 is 10.1 Å². The second kappa shape index (κ2) is 5.39. The van der Waals surface area contributed by atoms with E-state index in [1.165, 1.54) is 0 Å². The van der Waals surface area contributed by atoms with Crippen LogP contribution in [0, 0.1) is 0 Å². The minimum Gasteiger partial charge on any atom is -0.477 e. The Morgan fingerprint density at radius 1 is 0.885 bits per heavy atom. The maximum Gasteiger partial charge on any atom is 0.354 e. The Bertz CT molecular complexity index is 1320. The van der Waals surface area contributed by atoms with Gasteiger partial charge in [-0.2, -0.15) is 0 Å². The molecule has 5 nitrogen and oxygen atoms in total. The van der Waals surface area contributed by atoms with Gasteiger partial charge in [0.25, 0.3) is 0 Å². The number of nitrogens with zero attached hydrogens (tertiary/aromatic N) is 2. The largest absolute Gasteiger partial charge is 0.477 e. The standard InChI is InChI=1S/C21H13N3O2/c25-21(26)18-11-14-13-6-2-4-8-16(13)23-19(14)20(24-18)17-10-9-12-5-1-3-7-15(12)22-17/h1-11,23H,(H,25,26). The van der Waals surface area contributed by atoms with Crippen LogP contribution in [0.5, 0.6) is 0 Å². The van der Waals surface area contributed by atoms with Gasteiger partial charge in [0.15, 0.2) is 0 Å². The Morgan fingerprint density at radius 2 is 1.69 bits per heavy atom. The van der Waals surface area contributed by atoms with Gasteiger partial charge >= 0.3 is 5.97 Å². The normalized spacial score (nSPS) is 11.4. The van der Waals surface area contributed by atoms with Crippen molar-refractivity contribution >= 4 is 38.7 Å². The Labute approximate surface area is 148 Å². The van der Waals surface area contributed by atoms with Crippen molar-refractivity contribution in [3.63, 3.8) is 0 Å². The molecule has 0 radical (unpaired) electrons. The van der Waals surface area contributed by atoms with E-state index in [-0.39, 0.29) is 5.69 Å². The molecule has 0 unspecified atom stereocenters. The quantitative estimate of drug-likeness (QED) is 0.491. The van der Waals surface area contributed by atoms with Gasteiger partial charge in [0.1, 0.15) is 11.4 Å². The number of rotatable bonds is 2. The summed E-state index contributed by atoms with van der Waals surface area (Å²) in [5, 5.41) is 12.3. The minimum absolute atomic E-state index is 0.00668. The molecule has 124 valence electrons. The molecule has 0 atom stereocenters. The lowest BCUT2D eigenvalue weighted by Crippen LogP contribution is -2.02. The van der Waals surface area contributed by atoms with Crippen molar-refractivity contribution in [2.75, 3.05) is 0 Å². The highest BCUT2D eigenvalue weighted by Crippen LogP contribution is 2.32. The first-order valence-corrected chi connectivity index (χ1v) is 8.21. The number of carbonyl (C=O) groups is 1. The maximum atomic E-state index is 11.6.